The summed E-state index contributed by atoms with van der Waals surface area (Å²) in [5.41, 5.74) is 2.21. The number of para-hydroxylation sites is 1. The first-order valence-corrected chi connectivity index (χ1v) is 9.23. The van der Waals surface area contributed by atoms with Crippen LogP contribution in [0, 0.1) is 0 Å². The summed E-state index contributed by atoms with van der Waals surface area (Å²) in [6.07, 6.45) is 6.10. The van der Waals surface area contributed by atoms with E-state index in [1.54, 1.807) is 0 Å². The van der Waals surface area contributed by atoms with Crippen LogP contribution in [0.3, 0.4) is 0 Å². The number of hydrogen-bond acceptors (Lipinski definition) is 3. The van der Waals surface area contributed by atoms with Gasteiger partial charge in [0.25, 0.3) is 0 Å². The second-order valence-corrected chi connectivity index (χ2v) is 7.86. The van der Waals surface area contributed by atoms with Gasteiger partial charge < -0.3 is 10.2 Å². The number of benzene rings is 1. The summed E-state index contributed by atoms with van der Waals surface area (Å²) < 4.78 is 2.07. The van der Waals surface area contributed by atoms with Gasteiger partial charge in [0.1, 0.15) is 0 Å². The first kappa shape index (κ1) is 18.4. The molecule has 0 fully saturated rings. The molecule has 0 amide bonds. The van der Waals surface area contributed by atoms with E-state index in [1.165, 1.54) is 0 Å². The minimum absolute atomic E-state index is 0.176. The van der Waals surface area contributed by atoms with Crippen LogP contribution < -0.4 is 5.32 Å². The Bertz CT molecular complexity index is 663. The van der Waals surface area contributed by atoms with Crippen molar-refractivity contribution in [2.45, 2.75) is 25.1 Å². The molecule has 2 aromatic rings. The molecule has 1 aromatic heterocycles. The number of guanidine groups is 1. The van der Waals surface area contributed by atoms with Gasteiger partial charge in [0.2, 0.25) is 0 Å². The minimum atomic E-state index is 0.176. The van der Waals surface area contributed by atoms with Crippen molar-refractivity contribution in [1.82, 2.24) is 20.0 Å². The molecule has 0 unspecified atom stereocenters. The molecule has 0 radical (unpaired) electrons. The maximum Gasteiger partial charge on any atom is 0.193 e. The first-order chi connectivity index (χ1) is 11.4. The highest BCUT2D eigenvalue weighted by molar-refractivity contribution is 7.99. The lowest BCUT2D eigenvalue weighted by atomic mass is 10.2. The zero-order valence-corrected chi connectivity index (χ0v) is 16.0. The molecule has 130 valence electrons. The van der Waals surface area contributed by atoms with Gasteiger partial charge >= 0.3 is 0 Å². The lowest BCUT2D eigenvalue weighted by Gasteiger charge is -2.27. The van der Waals surface area contributed by atoms with Gasteiger partial charge in [0.05, 0.1) is 11.9 Å². The molecule has 1 N–H and O–H groups in total. The third kappa shape index (κ3) is 5.03. The SMILES string of the molecule is CN=C(NCC(C)(C)SC)N(C)Cc1cnn(-c2ccccc2)c1. The molecule has 0 saturated heterocycles. The molecule has 6 heteroatoms. The summed E-state index contributed by atoms with van der Waals surface area (Å²) in [4.78, 5) is 6.50. The molecule has 0 atom stereocenters. The maximum atomic E-state index is 4.45. The average molecular weight is 346 g/mol. The minimum Gasteiger partial charge on any atom is -0.355 e. The molecule has 2 rings (SSSR count). The van der Waals surface area contributed by atoms with Crippen LogP contribution in [-0.2, 0) is 6.54 Å². The highest BCUT2D eigenvalue weighted by Gasteiger charge is 2.17. The second kappa shape index (κ2) is 8.24. The molecule has 1 aromatic carbocycles. The monoisotopic (exact) mass is 345 g/mol. The van der Waals surface area contributed by atoms with E-state index < -0.39 is 0 Å². The zero-order valence-electron chi connectivity index (χ0n) is 15.2. The molecule has 24 heavy (non-hydrogen) atoms. The van der Waals surface area contributed by atoms with Crippen LogP contribution in [0.25, 0.3) is 5.69 Å². The van der Waals surface area contributed by atoms with Crippen molar-refractivity contribution in [2.24, 2.45) is 4.99 Å². The zero-order chi connectivity index (χ0) is 17.6. The van der Waals surface area contributed by atoms with Gasteiger partial charge in [-0.1, -0.05) is 18.2 Å². The van der Waals surface area contributed by atoms with Crippen molar-refractivity contribution >= 4 is 17.7 Å². The van der Waals surface area contributed by atoms with E-state index in [1.807, 2.05) is 67.1 Å². The second-order valence-electron chi connectivity index (χ2n) is 6.35. The number of rotatable bonds is 6. The Labute approximate surface area is 149 Å². The molecule has 0 spiro atoms. The number of hydrogen-bond donors (Lipinski definition) is 1. The van der Waals surface area contributed by atoms with E-state index in [9.17, 15) is 0 Å². The summed E-state index contributed by atoms with van der Waals surface area (Å²) in [6.45, 7) is 6.07. The number of aliphatic imine (C=N–C) groups is 1. The largest absolute Gasteiger partial charge is 0.355 e. The van der Waals surface area contributed by atoms with Crippen LogP contribution in [0.2, 0.25) is 0 Å². The van der Waals surface area contributed by atoms with Crippen molar-refractivity contribution < 1.29 is 0 Å². The smallest absolute Gasteiger partial charge is 0.193 e. The molecule has 0 saturated carbocycles. The van der Waals surface area contributed by atoms with Gasteiger partial charge in [-0.15, -0.1) is 0 Å². The third-order valence-corrected chi connectivity index (χ3v) is 5.12. The molecule has 0 aliphatic rings. The van der Waals surface area contributed by atoms with Crippen LogP contribution in [0.15, 0.2) is 47.7 Å². The highest BCUT2D eigenvalue weighted by atomic mass is 32.2. The lowest BCUT2D eigenvalue weighted by molar-refractivity contribution is 0.472. The fourth-order valence-electron chi connectivity index (χ4n) is 2.26. The van der Waals surface area contributed by atoms with Crippen LogP contribution in [0.4, 0.5) is 0 Å². The Morgan fingerprint density at radius 1 is 1.33 bits per heavy atom. The van der Waals surface area contributed by atoms with E-state index in [4.69, 9.17) is 0 Å². The highest BCUT2D eigenvalue weighted by Crippen LogP contribution is 2.19. The normalized spacial score (nSPS) is 12.3. The Kier molecular flexibility index (Phi) is 6.31. The van der Waals surface area contributed by atoms with Crippen LogP contribution >= 0.6 is 11.8 Å². The molecular weight excluding hydrogens is 318 g/mol. The Morgan fingerprint density at radius 2 is 2.04 bits per heavy atom. The summed E-state index contributed by atoms with van der Waals surface area (Å²) in [5, 5.41) is 7.90. The van der Waals surface area contributed by atoms with Gasteiger partial charge in [-0.25, -0.2) is 4.68 Å². The van der Waals surface area contributed by atoms with Gasteiger partial charge in [0, 0.05) is 43.7 Å². The van der Waals surface area contributed by atoms with E-state index in [0.717, 1.165) is 30.3 Å². The number of aromatic nitrogens is 2. The summed E-state index contributed by atoms with van der Waals surface area (Å²) in [5.74, 6) is 0.893. The standard InChI is InChI=1S/C18H27N5S/c1-18(2,24-5)14-20-17(19-3)22(4)12-15-11-21-23(13-15)16-9-7-6-8-10-16/h6-11,13H,12,14H2,1-5H3,(H,19,20). The first-order valence-electron chi connectivity index (χ1n) is 8.01. The van der Waals surface area contributed by atoms with E-state index in [-0.39, 0.29) is 4.75 Å². The average Bonchev–Trinajstić information content (AvgIpc) is 3.04. The third-order valence-electron chi connectivity index (χ3n) is 3.87. The van der Waals surface area contributed by atoms with Crippen molar-refractivity contribution in [2.75, 3.05) is 26.9 Å². The topological polar surface area (TPSA) is 45.5 Å². The van der Waals surface area contributed by atoms with Crippen molar-refractivity contribution in [3.8, 4) is 5.69 Å². The van der Waals surface area contributed by atoms with Gasteiger partial charge in [-0.05, 0) is 32.2 Å². The van der Waals surface area contributed by atoms with Crippen molar-refractivity contribution in [1.29, 1.82) is 0 Å². The van der Waals surface area contributed by atoms with Crippen molar-refractivity contribution in [3.63, 3.8) is 0 Å². The predicted molar refractivity (Wildman–Crippen MR) is 104 cm³/mol. The van der Waals surface area contributed by atoms with Gasteiger partial charge in [-0.3, -0.25) is 4.99 Å². The summed E-state index contributed by atoms with van der Waals surface area (Å²) in [7, 11) is 3.86. The number of nitrogens with one attached hydrogen (secondary N) is 1. The summed E-state index contributed by atoms with van der Waals surface area (Å²) >= 11 is 1.85. The van der Waals surface area contributed by atoms with Crippen LogP contribution in [0.1, 0.15) is 19.4 Å². The van der Waals surface area contributed by atoms with Crippen molar-refractivity contribution in [3.05, 3.63) is 48.3 Å². The molecule has 1 heterocycles. The van der Waals surface area contributed by atoms with Gasteiger partial charge in [-0.2, -0.15) is 16.9 Å². The van der Waals surface area contributed by atoms with Crippen LogP contribution in [0.5, 0.6) is 0 Å². The number of nitrogens with zero attached hydrogens (tertiary/aromatic N) is 4. The molecular formula is C18H27N5S. The Balaban J connectivity index is 1.98. The van der Waals surface area contributed by atoms with Gasteiger partial charge in [0.15, 0.2) is 5.96 Å². The molecule has 0 aliphatic heterocycles. The van der Waals surface area contributed by atoms with E-state index >= 15 is 0 Å². The Morgan fingerprint density at radius 3 is 2.67 bits per heavy atom. The number of thioether (sulfide) groups is 1. The molecule has 5 nitrogen and oxygen atoms in total. The summed E-state index contributed by atoms with van der Waals surface area (Å²) in [6, 6.07) is 10.1. The van der Waals surface area contributed by atoms with E-state index in [2.05, 4.69) is 46.6 Å². The Hall–Kier alpha value is -1.95. The predicted octanol–water partition coefficient (Wildman–Crippen LogP) is 3.02. The van der Waals surface area contributed by atoms with Crippen LogP contribution in [-0.4, -0.2) is 52.3 Å². The fraction of sp³-hybridized carbons (Fsp3) is 0.444. The quantitative estimate of drug-likeness (QED) is 0.646. The maximum absolute atomic E-state index is 4.45. The lowest BCUT2D eigenvalue weighted by Crippen LogP contribution is -2.43. The molecule has 0 aliphatic carbocycles. The fourth-order valence-corrected chi connectivity index (χ4v) is 2.48. The molecule has 0 bridgehead atoms. The van der Waals surface area contributed by atoms with E-state index in [0.29, 0.717) is 0 Å².